The lowest BCUT2D eigenvalue weighted by molar-refractivity contribution is -0.135. The van der Waals surface area contributed by atoms with Crippen LogP contribution in [0.1, 0.15) is 12.0 Å². The highest BCUT2D eigenvalue weighted by Crippen LogP contribution is 2.30. The molecule has 0 bridgehead atoms. The number of anilines is 1. The zero-order valence-corrected chi connectivity index (χ0v) is 12.9. The Kier molecular flexibility index (Phi) is 5.00. The first-order chi connectivity index (χ1) is 10.5. The summed E-state index contributed by atoms with van der Waals surface area (Å²) in [5, 5.41) is 0. The van der Waals surface area contributed by atoms with E-state index in [-0.39, 0.29) is 18.7 Å². The first kappa shape index (κ1) is 16.7. The van der Waals surface area contributed by atoms with Gasteiger partial charge in [-0.25, -0.2) is 0 Å². The molecule has 1 amide bonds. The van der Waals surface area contributed by atoms with Crippen molar-refractivity contribution in [2.24, 2.45) is 11.5 Å². The lowest BCUT2D eigenvalue weighted by Crippen LogP contribution is -2.64. The van der Waals surface area contributed by atoms with Gasteiger partial charge in [0.2, 0.25) is 6.29 Å². The zero-order valence-electron chi connectivity index (χ0n) is 12.0. The molecule has 1 aromatic rings. The smallest absolute Gasteiger partial charge is 0.255 e. The van der Waals surface area contributed by atoms with E-state index in [1.165, 1.54) is 4.90 Å². The number of aryl methyl sites for hydroxylation is 1. The predicted octanol–water partition coefficient (Wildman–Crippen LogP) is -0.401. The quantitative estimate of drug-likeness (QED) is 0.505. The maximum absolute atomic E-state index is 12.8. The van der Waals surface area contributed by atoms with Crippen LogP contribution >= 0.6 is 12.6 Å². The summed E-state index contributed by atoms with van der Waals surface area (Å²) in [7, 11) is 0. The summed E-state index contributed by atoms with van der Waals surface area (Å²) >= 11 is 3.99. The summed E-state index contributed by atoms with van der Waals surface area (Å²) in [6.07, 6.45) is 2.28. The molecule has 6 nitrogen and oxygen atoms in total. The monoisotopic (exact) mass is 320 g/mol. The van der Waals surface area contributed by atoms with Crippen molar-refractivity contribution in [2.75, 3.05) is 17.2 Å². The van der Waals surface area contributed by atoms with Gasteiger partial charge in [-0.2, -0.15) is 12.6 Å². The van der Waals surface area contributed by atoms with Crippen LogP contribution in [0.25, 0.3) is 0 Å². The number of amides is 1. The maximum atomic E-state index is 12.8. The molecule has 0 aliphatic carbocycles. The Morgan fingerprint density at radius 2 is 2.14 bits per heavy atom. The summed E-state index contributed by atoms with van der Waals surface area (Å²) in [5.41, 5.74) is 11.5. The lowest BCUT2D eigenvalue weighted by Gasteiger charge is -2.31. The number of para-hydroxylation sites is 1. The number of carbonyl (C=O) groups excluding carboxylic acids is 3. The average molecular weight is 320 g/mol. The second-order valence-corrected chi connectivity index (χ2v) is 5.65. The minimum atomic E-state index is -1.75. The number of nitrogens with zero attached hydrogens (tertiary/aromatic N) is 1. The summed E-state index contributed by atoms with van der Waals surface area (Å²) < 4.78 is 0. The molecule has 2 atom stereocenters. The zero-order chi connectivity index (χ0) is 16.3. The molecule has 4 N–H and O–H groups in total. The van der Waals surface area contributed by atoms with Crippen LogP contribution in [0, 0.1) is 0 Å². The lowest BCUT2D eigenvalue weighted by atomic mass is 9.85. The average Bonchev–Trinajstić information content (AvgIpc) is 2.65. The van der Waals surface area contributed by atoms with Crippen LogP contribution in [0.15, 0.2) is 24.3 Å². The van der Waals surface area contributed by atoms with E-state index < -0.39 is 23.3 Å². The summed E-state index contributed by atoms with van der Waals surface area (Å²) in [4.78, 5) is 37.3. The van der Waals surface area contributed by atoms with E-state index in [1.54, 1.807) is 18.4 Å². The van der Waals surface area contributed by atoms with E-state index in [0.29, 0.717) is 12.1 Å². The highest BCUT2D eigenvalue weighted by Gasteiger charge is 2.47. The van der Waals surface area contributed by atoms with Gasteiger partial charge in [-0.3, -0.25) is 14.4 Å². The molecule has 0 saturated heterocycles. The third-order valence-electron chi connectivity index (χ3n) is 3.89. The number of hydrogen-bond acceptors (Lipinski definition) is 6. The van der Waals surface area contributed by atoms with Crippen LogP contribution in [-0.4, -0.2) is 41.9 Å². The number of hydrogen-bond donors (Lipinski definition) is 3. The van der Waals surface area contributed by atoms with Crippen molar-refractivity contribution in [3.05, 3.63) is 29.8 Å². The van der Waals surface area contributed by atoms with Gasteiger partial charge in [-0.05, 0) is 24.5 Å². The van der Waals surface area contributed by atoms with Crippen molar-refractivity contribution in [2.45, 2.75) is 24.4 Å². The number of Topliss-reactive ketones (excluding diaryl/α,β-unsaturated/α-hetero) is 1. The normalized spacial score (nSPS) is 22.7. The van der Waals surface area contributed by atoms with Crippen LogP contribution in [0.5, 0.6) is 0 Å². The number of ketones is 1. The molecule has 1 aromatic carbocycles. The number of benzene rings is 1. The van der Waals surface area contributed by atoms with E-state index in [1.807, 2.05) is 12.1 Å². The Morgan fingerprint density at radius 1 is 1.45 bits per heavy atom. The molecule has 22 heavy (non-hydrogen) atoms. The Balaban J connectivity index is 2.48. The molecule has 7 heteroatoms. The Labute approximate surface area is 134 Å². The second kappa shape index (κ2) is 6.60. The fourth-order valence-corrected chi connectivity index (χ4v) is 2.80. The largest absolute Gasteiger partial charge is 0.321 e. The minimum Gasteiger partial charge on any atom is -0.321 e. The molecule has 1 aliphatic heterocycles. The third-order valence-corrected chi connectivity index (χ3v) is 4.29. The standard InChI is InChI=1S/C15H18N3O3S/c16-11(9-22)13(20)15(17)6-5-10-3-1-2-4-12(10)18(7-8-19)14(15)21/h1-4,11,22H,5-7,9,16-17H2. The van der Waals surface area contributed by atoms with Gasteiger partial charge in [0.25, 0.3) is 5.91 Å². The molecular formula is C15H18N3O3S. The van der Waals surface area contributed by atoms with E-state index >= 15 is 0 Å². The Bertz CT molecular complexity index is 607. The van der Waals surface area contributed by atoms with Crippen molar-refractivity contribution < 1.29 is 14.4 Å². The van der Waals surface area contributed by atoms with Gasteiger partial charge in [0.05, 0.1) is 12.6 Å². The molecule has 0 saturated carbocycles. The van der Waals surface area contributed by atoms with Gasteiger partial charge < -0.3 is 16.4 Å². The van der Waals surface area contributed by atoms with Gasteiger partial charge in [0, 0.05) is 11.4 Å². The van der Waals surface area contributed by atoms with Crippen molar-refractivity contribution in [1.82, 2.24) is 0 Å². The molecule has 0 fully saturated rings. The second-order valence-electron chi connectivity index (χ2n) is 5.29. The van der Waals surface area contributed by atoms with Gasteiger partial charge >= 0.3 is 0 Å². The molecular weight excluding hydrogens is 302 g/mol. The molecule has 1 radical (unpaired) electrons. The fourth-order valence-electron chi connectivity index (χ4n) is 2.64. The van der Waals surface area contributed by atoms with Crippen LogP contribution in [-0.2, 0) is 20.8 Å². The highest BCUT2D eigenvalue weighted by atomic mass is 32.1. The molecule has 0 aromatic heterocycles. The van der Waals surface area contributed by atoms with Gasteiger partial charge in [-0.1, -0.05) is 18.2 Å². The van der Waals surface area contributed by atoms with Gasteiger partial charge in [-0.15, -0.1) is 0 Å². The van der Waals surface area contributed by atoms with E-state index in [2.05, 4.69) is 12.6 Å². The van der Waals surface area contributed by atoms with Crippen molar-refractivity contribution in [1.29, 1.82) is 0 Å². The number of carbonyl (C=O) groups is 2. The number of nitrogens with two attached hydrogens (primary N) is 2. The van der Waals surface area contributed by atoms with Crippen LogP contribution in [0.3, 0.4) is 0 Å². The topological polar surface area (TPSA) is 106 Å². The molecule has 1 aliphatic rings. The van der Waals surface area contributed by atoms with Crippen LogP contribution in [0.4, 0.5) is 5.69 Å². The molecule has 2 rings (SSSR count). The van der Waals surface area contributed by atoms with E-state index in [4.69, 9.17) is 11.5 Å². The van der Waals surface area contributed by atoms with Gasteiger partial charge in [0.15, 0.2) is 11.3 Å². The van der Waals surface area contributed by atoms with Crippen LogP contribution in [0.2, 0.25) is 0 Å². The third kappa shape index (κ3) is 2.79. The molecule has 2 unspecified atom stereocenters. The van der Waals surface area contributed by atoms with Crippen molar-refractivity contribution >= 4 is 36.3 Å². The Hall–Kier alpha value is -1.70. The summed E-state index contributed by atoms with van der Waals surface area (Å²) in [5.74, 6) is -1.09. The van der Waals surface area contributed by atoms with Crippen molar-refractivity contribution in [3.8, 4) is 0 Å². The van der Waals surface area contributed by atoms with Gasteiger partial charge in [0.1, 0.15) is 0 Å². The molecule has 0 spiro atoms. The number of fused-ring (bicyclic) bond motifs is 1. The SMILES string of the molecule is NC(CS)C(=O)C1(N)CCc2ccccc2N(C[C]=O)C1=O. The first-order valence-corrected chi connectivity index (χ1v) is 7.53. The number of thiol groups is 1. The minimum absolute atomic E-state index is 0.0951. The van der Waals surface area contributed by atoms with E-state index in [0.717, 1.165) is 5.56 Å². The van der Waals surface area contributed by atoms with Crippen molar-refractivity contribution in [3.63, 3.8) is 0 Å². The molecule has 117 valence electrons. The summed E-state index contributed by atoms with van der Waals surface area (Å²) in [6.45, 7) is -0.280. The Morgan fingerprint density at radius 3 is 2.77 bits per heavy atom. The highest BCUT2D eigenvalue weighted by molar-refractivity contribution is 7.80. The number of rotatable bonds is 5. The fraction of sp³-hybridized carbons (Fsp3) is 0.400. The maximum Gasteiger partial charge on any atom is 0.255 e. The first-order valence-electron chi connectivity index (χ1n) is 6.90. The predicted molar refractivity (Wildman–Crippen MR) is 86.6 cm³/mol. The summed E-state index contributed by atoms with van der Waals surface area (Å²) in [6, 6.07) is 6.22. The molecule has 1 heterocycles. The van der Waals surface area contributed by atoms with Crippen LogP contribution < -0.4 is 16.4 Å². The van der Waals surface area contributed by atoms with E-state index in [9.17, 15) is 14.4 Å².